The minimum Gasteiger partial charge on any atom is -0.368 e. The number of carbonyl (C=O) groups is 1. The SMILES string of the molecule is N#Cc1ncc(N[C@H](CC2CC2)C(N)=O)nc1Nc1cnc2ccccc2c1. The molecular formula is C20H19N7O. The Kier molecular flexibility index (Phi) is 4.72. The lowest BCUT2D eigenvalue weighted by Crippen LogP contribution is -2.36. The molecule has 1 aliphatic carbocycles. The molecule has 4 rings (SSSR count). The highest BCUT2D eigenvalue weighted by Crippen LogP contribution is 2.34. The number of para-hydroxylation sites is 1. The Morgan fingerprint density at radius 3 is 2.86 bits per heavy atom. The van der Waals surface area contributed by atoms with Crippen LogP contribution in [-0.2, 0) is 4.79 Å². The van der Waals surface area contributed by atoms with Gasteiger partial charge in [0.25, 0.3) is 0 Å². The summed E-state index contributed by atoms with van der Waals surface area (Å²) in [7, 11) is 0. The molecule has 2 aromatic heterocycles. The number of nitriles is 1. The van der Waals surface area contributed by atoms with E-state index in [1.54, 1.807) is 6.20 Å². The topological polar surface area (TPSA) is 130 Å². The number of amides is 1. The largest absolute Gasteiger partial charge is 0.368 e. The van der Waals surface area contributed by atoms with Crippen LogP contribution in [-0.4, -0.2) is 26.9 Å². The van der Waals surface area contributed by atoms with Crippen molar-refractivity contribution in [3.05, 3.63) is 48.4 Å². The van der Waals surface area contributed by atoms with Crippen molar-refractivity contribution >= 4 is 34.1 Å². The molecule has 0 saturated heterocycles. The van der Waals surface area contributed by atoms with Gasteiger partial charge in [0.05, 0.1) is 23.6 Å². The molecule has 8 heteroatoms. The molecule has 1 fully saturated rings. The predicted octanol–water partition coefficient (Wildman–Crippen LogP) is 2.71. The van der Waals surface area contributed by atoms with Gasteiger partial charge in [0, 0.05) is 5.39 Å². The van der Waals surface area contributed by atoms with Crippen molar-refractivity contribution in [2.75, 3.05) is 10.6 Å². The fourth-order valence-corrected chi connectivity index (χ4v) is 3.02. The molecule has 0 aliphatic heterocycles. The highest BCUT2D eigenvalue weighted by Gasteiger charge is 2.28. The molecule has 8 nitrogen and oxygen atoms in total. The van der Waals surface area contributed by atoms with Gasteiger partial charge in [0.15, 0.2) is 11.5 Å². The van der Waals surface area contributed by atoms with E-state index in [9.17, 15) is 10.1 Å². The second-order valence-corrected chi connectivity index (χ2v) is 6.88. The van der Waals surface area contributed by atoms with Crippen molar-refractivity contribution in [1.29, 1.82) is 5.26 Å². The van der Waals surface area contributed by atoms with E-state index in [1.165, 1.54) is 6.20 Å². The fraction of sp³-hybridized carbons (Fsp3) is 0.250. The number of aromatic nitrogens is 3. The Morgan fingerprint density at radius 1 is 1.29 bits per heavy atom. The first kappa shape index (κ1) is 17.7. The number of hydrogen-bond acceptors (Lipinski definition) is 7. The zero-order chi connectivity index (χ0) is 19.5. The normalized spacial score (nSPS) is 14.2. The van der Waals surface area contributed by atoms with Gasteiger partial charge in [-0.2, -0.15) is 5.26 Å². The first-order valence-electron chi connectivity index (χ1n) is 9.07. The number of nitrogens with one attached hydrogen (secondary N) is 2. The van der Waals surface area contributed by atoms with Crippen molar-refractivity contribution < 1.29 is 4.79 Å². The monoisotopic (exact) mass is 373 g/mol. The molecule has 1 atom stereocenters. The van der Waals surface area contributed by atoms with Crippen LogP contribution >= 0.6 is 0 Å². The first-order chi connectivity index (χ1) is 13.6. The number of anilines is 3. The standard InChI is InChI=1S/C20H19N7O/c21-9-17-20(25-14-8-13-3-1-2-4-15(13)23-10-14)27-18(11-24-17)26-16(19(22)28)7-12-5-6-12/h1-4,8,10-12,16H,5-7H2,(H2,22,28)(H2,25,26,27)/t16-/m1/s1. The van der Waals surface area contributed by atoms with E-state index in [-0.39, 0.29) is 5.69 Å². The van der Waals surface area contributed by atoms with E-state index in [1.807, 2.05) is 36.4 Å². The summed E-state index contributed by atoms with van der Waals surface area (Å²) >= 11 is 0. The smallest absolute Gasteiger partial charge is 0.239 e. The molecule has 1 amide bonds. The van der Waals surface area contributed by atoms with Crippen LogP contribution in [0, 0.1) is 17.2 Å². The molecule has 0 radical (unpaired) electrons. The summed E-state index contributed by atoms with van der Waals surface area (Å²) in [6.07, 6.45) is 6.02. The number of hydrogen-bond donors (Lipinski definition) is 3. The molecule has 1 aliphatic rings. The summed E-state index contributed by atoms with van der Waals surface area (Å²) in [5, 5.41) is 16.5. The molecule has 4 N–H and O–H groups in total. The number of carbonyl (C=O) groups excluding carboxylic acids is 1. The first-order valence-corrected chi connectivity index (χ1v) is 9.07. The molecule has 1 saturated carbocycles. The van der Waals surface area contributed by atoms with Gasteiger partial charge in [-0.05, 0) is 24.5 Å². The van der Waals surface area contributed by atoms with Gasteiger partial charge in [-0.3, -0.25) is 9.78 Å². The summed E-state index contributed by atoms with van der Waals surface area (Å²) in [5.41, 5.74) is 7.22. The van der Waals surface area contributed by atoms with Crippen LogP contribution in [0.15, 0.2) is 42.7 Å². The number of pyridine rings is 1. The lowest BCUT2D eigenvalue weighted by molar-refractivity contribution is -0.118. The molecular weight excluding hydrogens is 354 g/mol. The van der Waals surface area contributed by atoms with Gasteiger partial charge in [-0.25, -0.2) is 9.97 Å². The quantitative estimate of drug-likeness (QED) is 0.580. The lowest BCUT2D eigenvalue weighted by atomic mass is 10.1. The molecule has 2 heterocycles. The van der Waals surface area contributed by atoms with Gasteiger partial charge < -0.3 is 16.4 Å². The zero-order valence-electron chi connectivity index (χ0n) is 15.1. The molecule has 140 valence electrons. The van der Waals surface area contributed by atoms with E-state index in [2.05, 4.69) is 25.6 Å². The Morgan fingerprint density at radius 2 is 2.11 bits per heavy atom. The average molecular weight is 373 g/mol. The number of benzene rings is 1. The second-order valence-electron chi connectivity index (χ2n) is 6.88. The van der Waals surface area contributed by atoms with Gasteiger partial charge in [-0.1, -0.05) is 31.0 Å². The van der Waals surface area contributed by atoms with Gasteiger partial charge in [0.2, 0.25) is 5.91 Å². The van der Waals surface area contributed by atoms with Crippen molar-refractivity contribution in [2.45, 2.75) is 25.3 Å². The van der Waals surface area contributed by atoms with Crippen molar-refractivity contribution in [3.63, 3.8) is 0 Å². The van der Waals surface area contributed by atoms with E-state index in [0.29, 0.717) is 29.7 Å². The summed E-state index contributed by atoms with van der Waals surface area (Å²) in [6, 6.07) is 11.2. The van der Waals surface area contributed by atoms with Crippen LogP contribution in [0.25, 0.3) is 10.9 Å². The minimum absolute atomic E-state index is 0.150. The number of nitrogens with two attached hydrogens (primary N) is 1. The van der Waals surface area contributed by atoms with Crippen LogP contribution in [0.3, 0.4) is 0 Å². The fourth-order valence-electron chi connectivity index (χ4n) is 3.02. The average Bonchev–Trinajstić information content (AvgIpc) is 3.52. The van der Waals surface area contributed by atoms with Crippen LogP contribution in [0.5, 0.6) is 0 Å². The van der Waals surface area contributed by atoms with E-state index >= 15 is 0 Å². The Balaban J connectivity index is 1.58. The third kappa shape index (κ3) is 3.99. The van der Waals surface area contributed by atoms with Crippen LogP contribution in [0.4, 0.5) is 17.3 Å². The molecule has 3 aromatic rings. The summed E-state index contributed by atoms with van der Waals surface area (Å²) in [5.74, 6) is 0.780. The molecule has 1 aromatic carbocycles. The second kappa shape index (κ2) is 7.48. The maximum absolute atomic E-state index is 11.7. The third-order valence-electron chi connectivity index (χ3n) is 4.66. The van der Waals surface area contributed by atoms with E-state index < -0.39 is 11.9 Å². The zero-order valence-corrected chi connectivity index (χ0v) is 15.1. The van der Waals surface area contributed by atoms with Crippen LogP contribution in [0.1, 0.15) is 25.0 Å². The number of primary amides is 1. The molecule has 0 spiro atoms. The lowest BCUT2D eigenvalue weighted by Gasteiger charge is -2.16. The maximum atomic E-state index is 11.7. The van der Waals surface area contributed by atoms with E-state index in [0.717, 1.165) is 23.7 Å². The van der Waals surface area contributed by atoms with Crippen LogP contribution in [0.2, 0.25) is 0 Å². The van der Waals surface area contributed by atoms with E-state index in [4.69, 9.17) is 5.73 Å². The molecule has 0 unspecified atom stereocenters. The summed E-state index contributed by atoms with van der Waals surface area (Å²) in [6.45, 7) is 0. The Labute approximate surface area is 161 Å². The number of nitrogens with zero attached hydrogens (tertiary/aromatic N) is 4. The minimum atomic E-state index is -0.509. The number of fused-ring (bicyclic) bond motifs is 1. The summed E-state index contributed by atoms with van der Waals surface area (Å²) < 4.78 is 0. The number of rotatable bonds is 7. The van der Waals surface area contributed by atoms with Crippen molar-refractivity contribution in [2.24, 2.45) is 11.7 Å². The van der Waals surface area contributed by atoms with Crippen molar-refractivity contribution in [3.8, 4) is 6.07 Å². The van der Waals surface area contributed by atoms with Crippen LogP contribution < -0.4 is 16.4 Å². The highest BCUT2D eigenvalue weighted by molar-refractivity contribution is 5.83. The van der Waals surface area contributed by atoms with Gasteiger partial charge >= 0.3 is 0 Å². The maximum Gasteiger partial charge on any atom is 0.239 e. The van der Waals surface area contributed by atoms with Gasteiger partial charge in [0.1, 0.15) is 17.9 Å². The van der Waals surface area contributed by atoms with Gasteiger partial charge in [-0.15, -0.1) is 0 Å². The third-order valence-corrected chi connectivity index (χ3v) is 4.66. The Bertz CT molecular complexity index is 1070. The summed E-state index contributed by atoms with van der Waals surface area (Å²) in [4.78, 5) is 24.7. The molecule has 28 heavy (non-hydrogen) atoms. The van der Waals surface area contributed by atoms with Crippen molar-refractivity contribution in [1.82, 2.24) is 15.0 Å². The predicted molar refractivity (Wildman–Crippen MR) is 106 cm³/mol. The molecule has 0 bridgehead atoms. The Hall–Kier alpha value is -3.73. The highest BCUT2D eigenvalue weighted by atomic mass is 16.1.